The van der Waals surface area contributed by atoms with Crippen molar-refractivity contribution in [2.45, 2.75) is 57.9 Å². The topological polar surface area (TPSA) is 53.3 Å². The normalized spacial score (nSPS) is 21.5. The number of piperidine rings is 2. The number of hydrogen-bond acceptors (Lipinski definition) is 6. The van der Waals surface area contributed by atoms with Crippen LogP contribution in [0.1, 0.15) is 56.9 Å². The lowest BCUT2D eigenvalue weighted by Gasteiger charge is -2.47. The second kappa shape index (κ2) is 9.76. The van der Waals surface area contributed by atoms with Gasteiger partial charge in [0.2, 0.25) is 0 Å². The van der Waals surface area contributed by atoms with Crippen molar-refractivity contribution in [2.24, 2.45) is 12.5 Å². The average molecular weight is 474 g/mol. The monoisotopic (exact) mass is 473 g/mol. The molecule has 0 atom stereocenters. The fourth-order valence-electron chi connectivity index (χ4n) is 6.44. The van der Waals surface area contributed by atoms with E-state index in [2.05, 4.69) is 44.9 Å². The number of aryl methyl sites for hydroxylation is 1. The molecule has 0 aliphatic carbocycles. The molecule has 7 heteroatoms. The first-order valence-corrected chi connectivity index (χ1v) is 13.6. The molecule has 3 fully saturated rings. The lowest BCUT2D eigenvalue weighted by atomic mass is 9.71. The molecule has 0 N–H and O–H groups in total. The predicted octanol–water partition coefficient (Wildman–Crippen LogP) is 4.63. The molecule has 0 radical (unpaired) electrons. The molecule has 6 heterocycles. The molecule has 3 aromatic rings. The number of fused-ring (bicyclic) bond motifs is 1. The van der Waals surface area contributed by atoms with Crippen LogP contribution in [0.5, 0.6) is 0 Å². The number of hydrogen-bond donors (Lipinski definition) is 0. The number of nitrogens with zero attached hydrogens (tertiary/aromatic N) is 7. The van der Waals surface area contributed by atoms with Gasteiger partial charge in [0, 0.05) is 52.2 Å². The summed E-state index contributed by atoms with van der Waals surface area (Å²) >= 11 is 0. The van der Waals surface area contributed by atoms with Crippen molar-refractivity contribution in [2.75, 3.05) is 49.1 Å². The highest BCUT2D eigenvalue weighted by atomic mass is 15.4. The minimum atomic E-state index is 0.505. The first-order valence-electron chi connectivity index (χ1n) is 13.6. The first kappa shape index (κ1) is 22.8. The van der Waals surface area contributed by atoms with E-state index in [1.807, 2.05) is 23.1 Å². The number of aromatic nitrogens is 4. The quantitative estimate of drug-likeness (QED) is 0.551. The van der Waals surface area contributed by atoms with Crippen molar-refractivity contribution >= 4 is 22.7 Å². The highest BCUT2D eigenvalue weighted by molar-refractivity contribution is 5.89. The van der Waals surface area contributed by atoms with Gasteiger partial charge in [0.15, 0.2) is 11.5 Å². The first-order chi connectivity index (χ1) is 17.2. The van der Waals surface area contributed by atoms with E-state index in [-0.39, 0.29) is 0 Å². The SMILES string of the molecule is Cn1nc(N2CCC3(CCN(Cc4cccnc4)CC3)CC2)c2ccc(N3CCCCCC3)nc21. The van der Waals surface area contributed by atoms with E-state index in [0.29, 0.717) is 5.41 Å². The maximum Gasteiger partial charge on any atom is 0.162 e. The van der Waals surface area contributed by atoms with Crippen LogP contribution in [0.25, 0.3) is 11.0 Å². The molecule has 0 amide bonds. The lowest BCUT2D eigenvalue weighted by molar-refractivity contribution is 0.0757. The van der Waals surface area contributed by atoms with Gasteiger partial charge in [-0.2, -0.15) is 5.10 Å². The third kappa shape index (κ3) is 4.75. The lowest BCUT2D eigenvalue weighted by Crippen LogP contribution is -2.46. The Bertz CT molecular complexity index is 1110. The van der Waals surface area contributed by atoms with E-state index in [0.717, 1.165) is 50.0 Å². The third-order valence-corrected chi connectivity index (χ3v) is 8.75. The van der Waals surface area contributed by atoms with E-state index in [9.17, 15) is 0 Å². The van der Waals surface area contributed by atoms with Gasteiger partial charge in [-0.15, -0.1) is 0 Å². The molecule has 3 saturated heterocycles. The minimum Gasteiger partial charge on any atom is -0.357 e. The summed E-state index contributed by atoms with van der Waals surface area (Å²) in [4.78, 5) is 16.9. The number of rotatable bonds is 4. The van der Waals surface area contributed by atoms with Crippen LogP contribution in [0, 0.1) is 5.41 Å². The van der Waals surface area contributed by atoms with Crippen LogP contribution in [-0.2, 0) is 13.6 Å². The molecule has 186 valence electrons. The molecule has 6 rings (SSSR count). The van der Waals surface area contributed by atoms with E-state index < -0.39 is 0 Å². The Hall–Kier alpha value is -2.67. The van der Waals surface area contributed by atoms with Gasteiger partial charge >= 0.3 is 0 Å². The van der Waals surface area contributed by atoms with Crippen molar-refractivity contribution in [3.05, 3.63) is 42.2 Å². The maximum atomic E-state index is 5.07. The van der Waals surface area contributed by atoms with E-state index >= 15 is 0 Å². The second-order valence-corrected chi connectivity index (χ2v) is 11.0. The highest BCUT2D eigenvalue weighted by Gasteiger charge is 2.38. The van der Waals surface area contributed by atoms with Crippen molar-refractivity contribution in [1.82, 2.24) is 24.6 Å². The highest BCUT2D eigenvalue weighted by Crippen LogP contribution is 2.43. The zero-order chi connectivity index (χ0) is 23.7. The Morgan fingerprint density at radius 1 is 0.829 bits per heavy atom. The number of pyridine rings is 2. The van der Waals surface area contributed by atoms with Gasteiger partial charge in [-0.3, -0.25) is 9.88 Å². The summed E-state index contributed by atoms with van der Waals surface area (Å²) in [6, 6.07) is 8.73. The number of anilines is 2. The summed E-state index contributed by atoms with van der Waals surface area (Å²) in [5, 5.41) is 6.16. The van der Waals surface area contributed by atoms with Crippen LogP contribution in [0.2, 0.25) is 0 Å². The van der Waals surface area contributed by atoms with Gasteiger partial charge in [0.05, 0.1) is 5.39 Å². The summed E-state index contributed by atoms with van der Waals surface area (Å²) in [5.41, 5.74) is 2.85. The summed E-state index contributed by atoms with van der Waals surface area (Å²) in [6.45, 7) is 7.87. The molecule has 0 unspecified atom stereocenters. The molecule has 35 heavy (non-hydrogen) atoms. The molecular weight excluding hydrogens is 434 g/mol. The van der Waals surface area contributed by atoms with Crippen LogP contribution >= 0.6 is 0 Å². The molecule has 3 aromatic heterocycles. The van der Waals surface area contributed by atoms with E-state index in [1.165, 1.54) is 75.4 Å². The van der Waals surface area contributed by atoms with Crippen LogP contribution < -0.4 is 9.80 Å². The summed E-state index contributed by atoms with van der Waals surface area (Å²) in [6.07, 6.45) is 14.2. The van der Waals surface area contributed by atoms with Crippen LogP contribution in [-0.4, -0.2) is 63.9 Å². The summed E-state index contributed by atoms with van der Waals surface area (Å²) < 4.78 is 1.99. The van der Waals surface area contributed by atoms with Crippen molar-refractivity contribution < 1.29 is 0 Å². The molecule has 1 spiro atoms. The van der Waals surface area contributed by atoms with Gasteiger partial charge in [-0.1, -0.05) is 18.9 Å². The van der Waals surface area contributed by atoms with Gasteiger partial charge in [0.25, 0.3) is 0 Å². The van der Waals surface area contributed by atoms with Gasteiger partial charge in [0.1, 0.15) is 5.82 Å². The molecular formula is C28H39N7. The third-order valence-electron chi connectivity index (χ3n) is 8.75. The summed E-state index contributed by atoms with van der Waals surface area (Å²) in [7, 11) is 2.05. The van der Waals surface area contributed by atoms with Gasteiger partial charge in [-0.05, 0) is 80.8 Å². The molecule has 7 nitrogen and oxygen atoms in total. The summed E-state index contributed by atoms with van der Waals surface area (Å²) in [5.74, 6) is 2.24. The van der Waals surface area contributed by atoms with E-state index in [4.69, 9.17) is 10.1 Å². The largest absolute Gasteiger partial charge is 0.357 e. The van der Waals surface area contributed by atoms with Crippen molar-refractivity contribution in [1.29, 1.82) is 0 Å². The zero-order valence-corrected chi connectivity index (χ0v) is 21.2. The Morgan fingerprint density at radius 2 is 1.57 bits per heavy atom. The molecule has 3 aliphatic heterocycles. The Labute approximate surface area is 209 Å². The smallest absolute Gasteiger partial charge is 0.162 e. The Morgan fingerprint density at radius 3 is 2.29 bits per heavy atom. The Balaban J connectivity index is 1.10. The van der Waals surface area contributed by atoms with Gasteiger partial charge in [-0.25, -0.2) is 9.67 Å². The van der Waals surface area contributed by atoms with Gasteiger partial charge < -0.3 is 9.80 Å². The number of likely N-dealkylation sites (tertiary alicyclic amines) is 1. The predicted molar refractivity (Wildman–Crippen MR) is 142 cm³/mol. The van der Waals surface area contributed by atoms with Crippen LogP contribution in [0.3, 0.4) is 0 Å². The van der Waals surface area contributed by atoms with E-state index in [1.54, 1.807) is 0 Å². The molecule has 0 aromatic carbocycles. The van der Waals surface area contributed by atoms with Crippen molar-refractivity contribution in [3.63, 3.8) is 0 Å². The molecule has 3 aliphatic rings. The van der Waals surface area contributed by atoms with Crippen LogP contribution in [0.4, 0.5) is 11.6 Å². The standard InChI is InChI=1S/C28H39N7/c1-32-26-24(8-9-25(30-26)34-15-4-2-3-5-16-34)27(31-32)35-19-12-28(13-20-35)10-17-33(18-11-28)22-23-7-6-14-29-21-23/h6-9,14,21H,2-5,10-13,15-20,22H2,1H3. The fourth-order valence-corrected chi connectivity index (χ4v) is 6.44. The molecule has 0 saturated carbocycles. The van der Waals surface area contributed by atoms with Crippen LogP contribution in [0.15, 0.2) is 36.7 Å². The fraction of sp³-hybridized carbons (Fsp3) is 0.607. The second-order valence-electron chi connectivity index (χ2n) is 11.0. The van der Waals surface area contributed by atoms with Crippen molar-refractivity contribution in [3.8, 4) is 0 Å². The molecule has 0 bridgehead atoms. The maximum absolute atomic E-state index is 5.07. The minimum absolute atomic E-state index is 0.505. The average Bonchev–Trinajstić information content (AvgIpc) is 3.06. The Kier molecular flexibility index (Phi) is 6.35. The zero-order valence-electron chi connectivity index (χ0n) is 21.2.